The third-order valence-corrected chi connectivity index (χ3v) is 8.61. The van der Waals surface area contributed by atoms with E-state index in [9.17, 15) is 0 Å². The lowest BCUT2D eigenvalue weighted by molar-refractivity contribution is 1.20. The van der Waals surface area contributed by atoms with Crippen molar-refractivity contribution in [3.8, 4) is 16.8 Å². The molecule has 0 bridgehead atoms. The quantitative estimate of drug-likeness (QED) is 0.143. The molecule has 0 radical (unpaired) electrons. The van der Waals surface area contributed by atoms with Crippen LogP contribution in [0.3, 0.4) is 0 Å². The summed E-state index contributed by atoms with van der Waals surface area (Å²) >= 11 is 0. The van der Waals surface area contributed by atoms with Gasteiger partial charge in [-0.3, -0.25) is 0 Å². The van der Waals surface area contributed by atoms with E-state index < -0.39 is 0 Å². The Hall–Kier alpha value is -5.93. The SMILES string of the molecule is C=C/C=C(\C=N)c1ccc2c(ccc3c4ccc(-c5ccc(C(/C=C\C)=C/N)cc5)cc4n(-c4cccc5ccccc45)c23)c1. The van der Waals surface area contributed by atoms with Gasteiger partial charge >= 0.3 is 0 Å². The largest absolute Gasteiger partial charge is 0.404 e. The Morgan fingerprint density at radius 2 is 1.42 bits per heavy atom. The predicted molar refractivity (Wildman–Crippen MR) is 195 cm³/mol. The normalized spacial score (nSPS) is 12.6. The predicted octanol–water partition coefficient (Wildman–Crippen LogP) is 10.9. The van der Waals surface area contributed by atoms with Gasteiger partial charge in [-0.15, -0.1) is 0 Å². The maximum atomic E-state index is 7.93. The molecule has 0 saturated carbocycles. The zero-order valence-electron chi connectivity index (χ0n) is 25.2. The number of aromatic nitrogens is 1. The minimum atomic E-state index is 0.831. The lowest BCUT2D eigenvalue weighted by Crippen LogP contribution is -1.96. The van der Waals surface area contributed by atoms with E-state index in [0.717, 1.165) is 50.0 Å². The number of rotatable bonds is 7. The molecule has 0 atom stereocenters. The molecule has 1 heterocycles. The van der Waals surface area contributed by atoms with Gasteiger partial charge in [0.15, 0.2) is 0 Å². The van der Waals surface area contributed by atoms with Crippen molar-refractivity contribution in [1.82, 2.24) is 4.57 Å². The van der Waals surface area contributed by atoms with Crippen molar-refractivity contribution in [2.45, 2.75) is 6.92 Å². The molecule has 0 fully saturated rings. The second kappa shape index (κ2) is 11.6. The van der Waals surface area contributed by atoms with Crippen molar-refractivity contribution in [2.24, 2.45) is 5.73 Å². The van der Waals surface area contributed by atoms with E-state index in [1.807, 2.05) is 25.2 Å². The van der Waals surface area contributed by atoms with Crippen LogP contribution >= 0.6 is 0 Å². The van der Waals surface area contributed by atoms with Crippen LogP contribution < -0.4 is 5.73 Å². The summed E-state index contributed by atoms with van der Waals surface area (Å²) in [6.45, 7) is 5.83. The highest BCUT2D eigenvalue weighted by molar-refractivity contribution is 6.20. The molecular formula is C42H33N3. The minimum Gasteiger partial charge on any atom is -0.404 e. The number of fused-ring (bicyclic) bond motifs is 6. The van der Waals surface area contributed by atoms with Gasteiger partial charge < -0.3 is 15.7 Å². The fraction of sp³-hybridized carbons (Fsp3) is 0.0238. The lowest BCUT2D eigenvalue weighted by atomic mass is 9.98. The second-order valence-electron chi connectivity index (χ2n) is 11.2. The number of nitrogens with two attached hydrogens (primary N) is 1. The summed E-state index contributed by atoms with van der Waals surface area (Å²) in [5.74, 6) is 0. The highest BCUT2D eigenvalue weighted by Gasteiger charge is 2.18. The van der Waals surface area contributed by atoms with Gasteiger partial charge in [-0.2, -0.15) is 0 Å². The van der Waals surface area contributed by atoms with Crippen LogP contribution in [0.25, 0.3) is 71.3 Å². The Balaban J connectivity index is 1.52. The fourth-order valence-corrected chi connectivity index (χ4v) is 6.49. The van der Waals surface area contributed by atoms with Crippen molar-refractivity contribution < 1.29 is 0 Å². The molecule has 7 rings (SSSR count). The van der Waals surface area contributed by atoms with E-state index in [1.54, 1.807) is 12.3 Å². The molecule has 7 aromatic rings. The maximum absolute atomic E-state index is 7.93. The van der Waals surface area contributed by atoms with Crippen LogP contribution in [0.1, 0.15) is 18.1 Å². The first-order valence-corrected chi connectivity index (χ1v) is 15.1. The summed E-state index contributed by atoms with van der Waals surface area (Å²) in [5, 5.41) is 15.0. The van der Waals surface area contributed by atoms with E-state index in [2.05, 4.69) is 126 Å². The monoisotopic (exact) mass is 579 g/mol. The van der Waals surface area contributed by atoms with Crippen molar-refractivity contribution in [3.05, 3.63) is 163 Å². The number of hydrogen-bond donors (Lipinski definition) is 2. The van der Waals surface area contributed by atoms with Crippen LogP contribution in [0.15, 0.2) is 152 Å². The summed E-state index contributed by atoms with van der Waals surface area (Å²) in [5.41, 5.74) is 15.6. The standard InChI is InChI=1S/C42H33N3/c1-3-8-34(26-43)29-16-14-28(15-17-29)32-19-22-38-39-23-20-33-24-31(35(27-44)9-4-2)18-21-37(33)42(39)45(41(38)25-32)40-13-7-11-30-10-5-6-12-36(30)40/h3-27,44H,2,43H2,1H3/b8-3-,34-26+,35-9+,44-27?. The van der Waals surface area contributed by atoms with Gasteiger partial charge in [0.05, 0.1) is 16.7 Å². The van der Waals surface area contributed by atoms with Crippen molar-refractivity contribution >= 4 is 60.7 Å². The van der Waals surface area contributed by atoms with Gasteiger partial charge in [0.1, 0.15) is 0 Å². The smallest absolute Gasteiger partial charge is 0.0619 e. The summed E-state index contributed by atoms with van der Waals surface area (Å²) in [7, 11) is 0. The molecule has 0 aliphatic heterocycles. The number of allylic oxidation sites excluding steroid dienone is 6. The Morgan fingerprint density at radius 3 is 2.20 bits per heavy atom. The van der Waals surface area contributed by atoms with Crippen molar-refractivity contribution in [1.29, 1.82) is 5.41 Å². The highest BCUT2D eigenvalue weighted by Crippen LogP contribution is 2.40. The first-order valence-electron chi connectivity index (χ1n) is 15.1. The summed E-state index contributed by atoms with van der Waals surface area (Å²) in [6, 6.07) is 41.4. The van der Waals surface area contributed by atoms with Crippen LogP contribution in [0.4, 0.5) is 0 Å². The Kier molecular flexibility index (Phi) is 7.20. The molecule has 0 unspecified atom stereocenters. The van der Waals surface area contributed by atoms with E-state index in [-0.39, 0.29) is 0 Å². The molecule has 3 N–H and O–H groups in total. The van der Waals surface area contributed by atoms with Crippen LogP contribution in [0, 0.1) is 5.41 Å². The number of benzene rings is 6. The lowest BCUT2D eigenvalue weighted by Gasteiger charge is -2.14. The molecule has 1 aromatic heterocycles. The molecule has 3 heteroatoms. The van der Waals surface area contributed by atoms with Crippen molar-refractivity contribution in [3.63, 3.8) is 0 Å². The molecule has 45 heavy (non-hydrogen) atoms. The molecule has 216 valence electrons. The van der Waals surface area contributed by atoms with Gasteiger partial charge in [0.25, 0.3) is 0 Å². The molecular weight excluding hydrogens is 546 g/mol. The number of nitrogens with zero attached hydrogens (tertiary/aromatic N) is 1. The Labute approximate surface area is 263 Å². The van der Waals surface area contributed by atoms with Gasteiger partial charge in [0, 0.05) is 34.0 Å². The van der Waals surface area contributed by atoms with Crippen LogP contribution in [-0.2, 0) is 0 Å². The zero-order valence-corrected chi connectivity index (χ0v) is 25.2. The fourth-order valence-electron chi connectivity index (χ4n) is 6.49. The van der Waals surface area contributed by atoms with Crippen LogP contribution in [0.5, 0.6) is 0 Å². The average molecular weight is 580 g/mol. The van der Waals surface area contributed by atoms with Gasteiger partial charge in [-0.25, -0.2) is 0 Å². The van der Waals surface area contributed by atoms with E-state index >= 15 is 0 Å². The average Bonchev–Trinajstić information content (AvgIpc) is 3.43. The molecule has 0 aliphatic rings. The van der Waals surface area contributed by atoms with Gasteiger partial charge in [0.2, 0.25) is 0 Å². The number of nitrogens with one attached hydrogen (secondary N) is 1. The second-order valence-corrected chi connectivity index (χ2v) is 11.2. The summed E-state index contributed by atoms with van der Waals surface area (Å²) < 4.78 is 2.44. The van der Waals surface area contributed by atoms with E-state index in [0.29, 0.717) is 0 Å². The van der Waals surface area contributed by atoms with Crippen LogP contribution in [0.2, 0.25) is 0 Å². The highest BCUT2D eigenvalue weighted by atomic mass is 15.0. The van der Waals surface area contributed by atoms with E-state index in [4.69, 9.17) is 11.1 Å². The van der Waals surface area contributed by atoms with E-state index in [1.165, 1.54) is 38.7 Å². The van der Waals surface area contributed by atoms with Gasteiger partial charge in [-0.05, 0) is 69.3 Å². The van der Waals surface area contributed by atoms with Crippen LogP contribution in [-0.4, -0.2) is 10.8 Å². The molecule has 0 saturated heterocycles. The molecule has 0 aliphatic carbocycles. The minimum absolute atomic E-state index is 0.831. The Bertz CT molecular complexity index is 2360. The third kappa shape index (κ3) is 4.75. The molecule has 0 amide bonds. The first kappa shape index (κ1) is 27.9. The molecule has 3 nitrogen and oxygen atoms in total. The summed E-state index contributed by atoms with van der Waals surface area (Å²) in [6.07, 6.45) is 10.7. The van der Waals surface area contributed by atoms with Gasteiger partial charge in [-0.1, -0.05) is 128 Å². The summed E-state index contributed by atoms with van der Waals surface area (Å²) in [4.78, 5) is 0. The number of hydrogen-bond acceptors (Lipinski definition) is 2. The first-order chi connectivity index (χ1) is 22.1. The maximum Gasteiger partial charge on any atom is 0.0619 e. The molecule has 0 spiro atoms. The third-order valence-electron chi connectivity index (χ3n) is 8.61. The topological polar surface area (TPSA) is 54.8 Å². The Morgan fingerprint density at radius 1 is 0.689 bits per heavy atom. The zero-order chi connectivity index (χ0) is 30.9. The van der Waals surface area contributed by atoms with Crippen molar-refractivity contribution in [2.75, 3.05) is 0 Å². The molecule has 6 aromatic carbocycles.